The largest absolute Gasteiger partial charge is 0.333 e. The lowest BCUT2D eigenvalue weighted by atomic mass is 10.3. The van der Waals surface area contributed by atoms with Crippen LogP contribution in [-0.2, 0) is 13.1 Å². The summed E-state index contributed by atoms with van der Waals surface area (Å²) in [5, 5.41) is 3.43. The third-order valence-corrected chi connectivity index (χ3v) is 2.28. The van der Waals surface area contributed by atoms with Crippen LogP contribution in [0.2, 0.25) is 0 Å². The summed E-state index contributed by atoms with van der Waals surface area (Å²) < 4.78 is 2.22. The van der Waals surface area contributed by atoms with Crippen LogP contribution in [0.5, 0.6) is 0 Å². The number of imidazole rings is 1. The fourth-order valence-corrected chi connectivity index (χ4v) is 1.46. The third kappa shape index (κ3) is 3.50. The Balaban J connectivity index is 2.30. The first-order valence-electron chi connectivity index (χ1n) is 5.58. The molecule has 0 aliphatic carbocycles. The van der Waals surface area contributed by atoms with Crippen molar-refractivity contribution in [1.29, 1.82) is 0 Å². The van der Waals surface area contributed by atoms with Gasteiger partial charge >= 0.3 is 0 Å². The molecule has 1 heterocycles. The van der Waals surface area contributed by atoms with Crippen LogP contribution in [0.15, 0.2) is 12.5 Å². The first kappa shape index (κ1) is 11.2. The number of hydrogen-bond donors (Lipinski definition) is 1. The van der Waals surface area contributed by atoms with Gasteiger partial charge < -0.3 is 9.88 Å². The van der Waals surface area contributed by atoms with Crippen molar-refractivity contribution in [3.8, 4) is 0 Å². The van der Waals surface area contributed by atoms with Crippen LogP contribution in [0, 0.1) is 0 Å². The molecule has 14 heavy (non-hydrogen) atoms. The van der Waals surface area contributed by atoms with Crippen LogP contribution < -0.4 is 5.32 Å². The summed E-state index contributed by atoms with van der Waals surface area (Å²) in [6, 6.07) is 0. The molecule has 80 valence electrons. The van der Waals surface area contributed by atoms with Gasteiger partial charge in [-0.15, -0.1) is 0 Å². The molecule has 0 spiro atoms. The molecule has 3 heteroatoms. The summed E-state index contributed by atoms with van der Waals surface area (Å²) in [4.78, 5) is 4.16. The van der Waals surface area contributed by atoms with Crippen LogP contribution in [0.4, 0.5) is 0 Å². The Kier molecular flexibility index (Phi) is 5.30. The van der Waals surface area contributed by atoms with Crippen molar-refractivity contribution in [3.63, 3.8) is 0 Å². The Labute approximate surface area is 86.5 Å². The van der Waals surface area contributed by atoms with Gasteiger partial charge in [0.15, 0.2) is 0 Å². The first-order chi connectivity index (χ1) is 6.88. The summed E-state index contributed by atoms with van der Waals surface area (Å²) >= 11 is 0. The molecular formula is C11H21N3. The maximum atomic E-state index is 4.16. The Hall–Kier alpha value is -0.830. The van der Waals surface area contributed by atoms with E-state index in [-0.39, 0.29) is 0 Å². The molecule has 0 aromatic carbocycles. The summed E-state index contributed by atoms with van der Waals surface area (Å²) in [5.74, 6) is 0. The zero-order valence-electron chi connectivity index (χ0n) is 9.29. The summed E-state index contributed by atoms with van der Waals surface area (Å²) in [7, 11) is 0. The van der Waals surface area contributed by atoms with E-state index in [1.165, 1.54) is 25.0 Å². The van der Waals surface area contributed by atoms with Crippen molar-refractivity contribution < 1.29 is 0 Å². The monoisotopic (exact) mass is 195 g/mol. The van der Waals surface area contributed by atoms with Crippen molar-refractivity contribution in [2.75, 3.05) is 6.54 Å². The highest BCUT2D eigenvalue weighted by molar-refractivity contribution is 4.97. The normalized spacial score (nSPS) is 10.7. The molecule has 0 saturated carbocycles. The smallest absolute Gasteiger partial charge is 0.0948 e. The van der Waals surface area contributed by atoms with E-state index in [0.717, 1.165) is 19.6 Å². The molecule has 0 bridgehead atoms. The lowest BCUT2D eigenvalue weighted by molar-refractivity contribution is 0.587. The summed E-state index contributed by atoms with van der Waals surface area (Å²) in [6.07, 6.45) is 7.54. The molecule has 1 rings (SSSR count). The number of hydrogen-bond acceptors (Lipinski definition) is 2. The van der Waals surface area contributed by atoms with Crippen molar-refractivity contribution in [1.82, 2.24) is 14.9 Å². The van der Waals surface area contributed by atoms with Gasteiger partial charge in [0.25, 0.3) is 0 Å². The Morgan fingerprint density at radius 1 is 1.36 bits per heavy atom. The third-order valence-electron chi connectivity index (χ3n) is 2.28. The van der Waals surface area contributed by atoms with Crippen molar-refractivity contribution in [2.45, 2.75) is 46.2 Å². The number of nitrogens with zero attached hydrogens (tertiary/aromatic N) is 2. The molecule has 1 aromatic rings. The summed E-state index contributed by atoms with van der Waals surface area (Å²) in [5.41, 5.74) is 1.29. The predicted molar refractivity (Wildman–Crippen MR) is 59.1 cm³/mol. The second kappa shape index (κ2) is 6.60. The molecule has 3 nitrogen and oxygen atoms in total. The molecule has 0 amide bonds. The number of aromatic nitrogens is 2. The van der Waals surface area contributed by atoms with E-state index < -0.39 is 0 Å². The minimum atomic E-state index is 0.944. The second-order valence-electron chi connectivity index (χ2n) is 3.61. The van der Waals surface area contributed by atoms with Crippen molar-refractivity contribution in [2.24, 2.45) is 0 Å². The molecule has 0 radical (unpaired) electrons. The van der Waals surface area contributed by atoms with E-state index in [2.05, 4.69) is 28.7 Å². The van der Waals surface area contributed by atoms with E-state index in [1.54, 1.807) is 0 Å². The minimum absolute atomic E-state index is 0.944. The Bertz CT molecular complexity index is 242. The molecule has 0 unspecified atom stereocenters. The first-order valence-corrected chi connectivity index (χ1v) is 5.58. The average Bonchev–Trinajstić information content (AvgIpc) is 2.61. The SMILES string of the molecule is CCCCNCc1cncn1CCC. The lowest BCUT2D eigenvalue weighted by Crippen LogP contribution is -2.17. The van der Waals surface area contributed by atoms with Crippen LogP contribution in [-0.4, -0.2) is 16.1 Å². The highest BCUT2D eigenvalue weighted by Gasteiger charge is 1.99. The van der Waals surface area contributed by atoms with Gasteiger partial charge in [-0.05, 0) is 19.4 Å². The van der Waals surface area contributed by atoms with E-state index in [4.69, 9.17) is 0 Å². The van der Waals surface area contributed by atoms with Crippen molar-refractivity contribution in [3.05, 3.63) is 18.2 Å². The van der Waals surface area contributed by atoms with Crippen LogP contribution in [0.3, 0.4) is 0 Å². The number of nitrogens with one attached hydrogen (secondary N) is 1. The second-order valence-corrected chi connectivity index (χ2v) is 3.61. The maximum absolute atomic E-state index is 4.16. The standard InChI is InChI=1S/C11H21N3/c1-3-5-6-12-8-11-9-13-10-14(11)7-4-2/h9-10,12H,3-8H2,1-2H3. The zero-order chi connectivity index (χ0) is 10.2. The lowest BCUT2D eigenvalue weighted by Gasteiger charge is -2.07. The van der Waals surface area contributed by atoms with Crippen LogP contribution >= 0.6 is 0 Å². The molecule has 0 aliphatic heterocycles. The van der Waals surface area contributed by atoms with Gasteiger partial charge in [-0.25, -0.2) is 4.98 Å². The molecule has 0 atom stereocenters. The van der Waals surface area contributed by atoms with Gasteiger partial charge in [0.1, 0.15) is 0 Å². The van der Waals surface area contributed by atoms with Gasteiger partial charge in [0.05, 0.1) is 12.0 Å². The highest BCUT2D eigenvalue weighted by Crippen LogP contribution is 2.00. The summed E-state index contributed by atoms with van der Waals surface area (Å²) in [6.45, 7) is 7.52. The fraction of sp³-hybridized carbons (Fsp3) is 0.727. The number of rotatable bonds is 7. The molecule has 0 saturated heterocycles. The minimum Gasteiger partial charge on any atom is -0.333 e. The van der Waals surface area contributed by atoms with Crippen LogP contribution in [0.25, 0.3) is 0 Å². The molecule has 0 aliphatic rings. The number of unbranched alkanes of at least 4 members (excludes halogenated alkanes) is 1. The Morgan fingerprint density at radius 2 is 2.21 bits per heavy atom. The predicted octanol–water partition coefficient (Wildman–Crippen LogP) is 2.18. The molecule has 1 N–H and O–H groups in total. The average molecular weight is 195 g/mol. The maximum Gasteiger partial charge on any atom is 0.0948 e. The topological polar surface area (TPSA) is 29.9 Å². The van der Waals surface area contributed by atoms with Gasteiger partial charge in [-0.2, -0.15) is 0 Å². The fourth-order valence-electron chi connectivity index (χ4n) is 1.46. The Morgan fingerprint density at radius 3 is 2.93 bits per heavy atom. The van der Waals surface area contributed by atoms with Gasteiger partial charge in [-0.3, -0.25) is 0 Å². The van der Waals surface area contributed by atoms with E-state index in [1.807, 2.05) is 12.5 Å². The molecule has 0 fully saturated rings. The van der Waals surface area contributed by atoms with E-state index in [9.17, 15) is 0 Å². The number of aryl methyl sites for hydroxylation is 1. The van der Waals surface area contributed by atoms with Crippen molar-refractivity contribution >= 4 is 0 Å². The van der Waals surface area contributed by atoms with Crippen LogP contribution in [0.1, 0.15) is 38.8 Å². The van der Waals surface area contributed by atoms with Gasteiger partial charge in [-0.1, -0.05) is 20.3 Å². The van der Waals surface area contributed by atoms with Gasteiger partial charge in [0.2, 0.25) is 0 Å². The van der Waals surface area contributed by atoms with E-state index >= 15 is 0 Å². The molecule has 1 aromatic heterocycles. The highest BCUT2D eigenvalue weighted by atomic mass is 15.1. The quantitative estimate of drug-likeness (QED) is 0.676. The van der Waals surface area contributed by atoms with E-state index in [0.29, 0.717) is 0 Å². The zero-order valence-corrected chi connectivity index (χ0v) is 9.29. The molecular weight excluding hydrogens is 174 g/mol. The van der Waals surface area contributed by atoms with Gasteiger partial charge in [0, 0.05) is 19.3 Å².